The normalized spacial score (nSPS) is 21.6. The van der Waals surface area contributed by atoms with E-state index in [0.29, 0.717) is 28.2 Å². The maximum absolute atomic E-state index is 13.3. The highest BCUT2D eigenvalue weighted by atomic mass is 79.9. The van der Waals surface area contributed by atoms with E-state index >= 15 is 0 Å². The summed E-state index contributed by atoms with van der Waals surface area (Å²) >= 11 is 3.25. The van der Waals surface area contributed by atoms with E-state index in [-0.39, 0.29) is 24.2 Å². The first-order valence-electron chi connectivity index (χ1n) is 11.4. The van der Waals surface area contributed by atoms with Gasteiger partial charge in [-0.1, -0.05) is 19.3 Å². The summed E-state index contributed by atoms with van der Waals surface area (Å²) in [6, 6.07) is 0.535. The van der Waals surface area contributed by atoms with E-state index < -0.39 is 41.7 Å². The van der Waals surface area contributed by atoms with Gasteiger partial charge in [0.1, 0.15) is 22.2 Å². The number of nitrogens with zero attached hydrogens (tertiary/aromatic N) is 3. The van der Waals surface area contributed by atoms with Crippen molar-refractivity contribution in [2.45, 2.75) is 76.1 Å². The first-order valence-corrected chi connectivity index (χ1v) is 12.2. The predicted octanol–water partition coefficient (Wildman–Crippen LogP) is 7.10. The summed E-state index contributed by atoms with van der Waals surface area (Å²) in [6.45, 7) is 1.41. The largest absolute Gasteiger partial charge is 0.439 e. The molecule has 2 aliphatic rings. The average molecular weight is 581 g/mol. The highest BCUT2D eigenvalue weighted by Gasteiger charge is 2.43. The predicted molar refractivity (Wildman–Crippen MR) is 121 cm³/mol. The summed E-state index contributed by atoms with van der Waals surface area (Å²) < 4.78 is 85.6. The van der Waals surface area contributed by atoms with Gasteiger partial charge in [-0.2, -0.15) is 26.3 Å². The Bertz CT molecular complexity index is 1090. The summed E-state index contributed by atoms with van der Waals surface area (Å²) in [6.07, 6.45) is -5.50. The molecule has 1 N–H and O–H groups in total. The molecule has 0 radical (unpaired) electrons. The molecule has 0 spiro atoms. The maximum atomic E-state index is 13.3. The van der Waals surface area contributed by atoms with Crippen molar-refractivity contribution < 1.29 is 35.9 Å². The maximum Gasteiger partial charge on any atom is 0.416 e. The van der Waals surface area contributed by atoms with Gasteiger partial charge in [-0.25, -0.2) is 14.8 Å². The number of carbonyl (C=O) groups is 1. The van der Waals surface area contributed by atoms with Crippen LogP contribution in [-0.2, 0) is 23.6 Å². The Kier molecular flexibility index (Phi) is 7.40. The lowest BCUT2D eigenvalue weighted by atomic mass is 9.95. The first-order chi connectivity index (χ1) is 16.8. The third-order valence-electron chi connectivity index (χ3n) is 6.41. The molecule has 1 aromatic heterocycles. The van der Waals surface area contributed by atoms with Crippen LogP contribution in [0.15, 0.2) is 29.0 Å². The van der Waals surface area contributed by atoms with E-state index in [0.717, 1.165) is 32.1 Å². The Morgan fingerprint density at radius 3 is 2.25 bits per heavy atom. The van der Waals surface area contributed by atoms with Gasteiger partial charge < -0.3 is 10.1 Å². The van der Waals surface area contributed by atoms with Crippen molar-refractivity contribution in [3.63, 3.8) is 0 Å². The number of benzene rings is 1. The van der Waals surface area contributed by atoms with E-state index in [2.05, 4.69) is 31.2 Å². The van der Waals surface area contributed by atoms with Crippen molar-refractivity contribution in [3.05, 3.63) is 51.4 Å². The van der Waals surface area contributed by atoms with Gasteiger partial charge in [0.05, 0.1) is 29.9 Å². The number of halogens is 7. The van der Waals surface area contributed by atoms with E-state index in [1.165, 1.54) is 18.0 Å². The molecule has 1 aliphatic carbocycles. The molecule has 36 heavy (non-hydrogen) atoms. The van der Waals surface area contributed by atoms with Gasteiger partial charge in [0.15, 0.2) is 0 Å². The molecule has 1 saturated carbocycles. The van der Waals surface area contributed by atoms with Gasteiger partial charge in [0.25, 0.3) is 0 Å². The lowest BCUT2D eigenvalue weighted by Gasteiger charge is -2.26. The van der Waals surface area contributed by atoms with Crippen molar-refractivity contribution in [1.82, 2.24) is 14.9 Å². The van der Waals surface area contributed by atoms with Gasteiger partial charge in [-0.05, 0) is 59.5 Å². The van der Waals surface area contributed by atoms with Crippen molar-refractivity contribution in [3.8, 4) is 0 Å². The van der Waals surface area contributed by atoms with E-state index in [9.17, 15) is 31.1 Å². The lowest BCUT2D eigenvalue weighted by molar-refractivity contribution is -0.143. The summed E-state index contributed by atoms with van der Waals surface area (Å²) in [5.74, 6) is 0.465. The molecule has 6 nitrogen and oxygen atoms in total. The number of rotatable bonds is 5. The second-order valence-corrected chi connectivity index (χ2v) is 9.79. The molecule has 13 heteroatoms. The van der Waals surface area contributed by atoms with Gasteiger partial charge in [-0.3, -0.25) is 4.90 Å². The number of alkyl halides is 6. The van der Waals surface area contributed by atoms with Crippen LogP contribution in [-0.4, -0.2) is 33.0 Å². The Morgan fingerprint density at radius 1 is 1.06 bits per heavy atom. The molecule has 1 aliphatic heterocycles. The molecule has 1 amide bonds. The molecule has 0 bridgehead atoms. The zero-order chi connectivity index (χ0) is 26.3. The number of hydrogen-bond acceptors (Lipinski definition) is 5. The molecule has 1 saturated heterocycles. The molecule has 2 aromatic rings. The minimum Gasteiger partial charge on any atom is -0.439 e. The summed E-state index contributed by atoms with van der Waals surface area (Å²) in [5, 5.41) is 3.35. The highest BCUT2D eigenvalue weighted by molar-refractivity contribution is 9.10. The number of nitrogens with one attached hydrogen (secondary N) is 1. The third-order valence-corrected chi connectivity index (χ3v) is 6.79. The summed E-state index contributed by atoms with van der Waals surface area (Å²) in [5.41, 5.74) is -2.92. The number of aromatic nitrogens is 2. The number of anilines is 1. The Labute approximate surface area is 211 Å². The molecule has 2 atom stereocenters. The Balaban J connectivity index is 1.61. The number of hydrogen-bond donors (Lipinski definition) is 1. The van der Waals surface area contributed by atoms with Crippen LogP contribution >= 0.6 is 15.9 Å². The topological polar surface area (TPSA) is 67.3 Å². The minimum atomic E-state index is -5.01. The van der Waals surface area contributed by atoms with Crippen molar-refractivity contribution in [1.29, 1.82) is 0 Å². The van der Waals surface area contributed by atoms with Gasteiger partial charge in [0, 0.05) is 6.04 Å². The molecule has 4 rings (SSSR count). The fourth-order valence-electron chi connectivity index (χ4n) is 4.54. The van der Waals surface area contributed by atoms with Crippen LogP contribution in [0.4, 0.5) is 37.0 Å². The lowest BCUT2D eigenvalue weighted by Crippen LogP contribution is -2.33. The van der Waals surface area contributed by atoms with Gasteiger partial charge in [-0.15, -0.1) is 0 Å². The Morgan fingerprint density at radius 2 is 1.67 bits per heavy atom. The van der Waals surface area contributed by atoms with Crippen LogP contribution < -0.4 is 5.32 Å². The fourth-order valence-corrected chi connectivity index (χ4v) is 4.85. The smallest absolute Gasteiger partial charge is 0.416 e. The monoisotopic (exact) mass is 580 g/mol. The SMILES string of the molecule is C[C@H]1[C@@H](c2cc(C(F)(F)F)cc(C(F)(F)F)c2)OC(=O)N1Cc1nc(Br)cnc1NC1CCCCC1. The standard InChI is InChI=1S/C23H23BrF6N4O2/c1-12-19(13-7-14(22(25,26)27)9-15(8-13)23(28,29)30)36-21(35)34(12)11-17-20(31-10-18(24)33-17)32-16-5-3-2-4-6-16/h7-10,12,16,19H,2-6,11H2,1H3,(H,31,32)/t12-,19-/m0/s1. The second kappa shape index (κ2) is 10.1. The molecular formula is C23H23BrF6N4O2. The van der Waals surface area contributed by atoms with E-state index in [1.54, 1.807) is 0 Å². The number of carbonyl (C=O) groups excluding carboxylic acids is 1. The van der Waals surface area contributed by atoms with Crippen LogP contribution in [0.2, 0.25) is 0 Å². The molecular weight excluding hydrogens is 558 g/mol. The first kappa shape index (κ1) is 26.5. The van der Waals surface area contributed by atoms with Crippen LogP contribution in [0, 0.1) is 0 Å². The van der Waals surface area contributed by atoms with Gasteiger partial charge in [0.2, 0.25) is 0 Å². The van der Waals surface area contributed by atoms with Crippen LogP contribution in [0.1, 0.15) is 67.5 Å². The number of amides is 1. The van der Waals surface area contributed by atoms with Crippen molar-refractivity contribution >= 4 is 27.8 Å². The molecule has 0 unspecified atom stereocenters. The number of ether oxygens (including phenoxy) is 1. The number of cyclic esters (lactones) is 1. The molecule has 2 fully saturated rings. The average Bonchev–Trinajstić information content (AvgIpc) is 3.08. The van der Waals surface area contributed by atoms with Crippen molar-refractivity contribution in [2.24, 2.45) is 0 Å². The van der Waals surface area contributed by atoms with E-state index in [1.807, 2.05) is 0 Å². The second-order valence-electron chi connectivity index (χ2n) is 8.98. The summed E-state index contributed by atoms with van der Waals surface area (Å²) in [4.78, 5) is 22.7. The van der Waals surface area contributed by atoms with E-state index in [4.69, 9.17) is 4.74 Å². The van der Waals surface area contributed by atoms with Crippen LogP contribution in [0.25, 0.3) is 0 Å². The highest BCUT2D eigenvalue weighted by Crippen LogP contribution is 2.41. The van der Waals surface area contributed by atoms with Crippen LogP contribution in [0.5, 0.6) is 0 Å². The Hall–Kier alpha value is -2.57. The molecule has 196 valence electrons. The van der Waals surface area contributed by atoms with Crippen LogP contribution in [0.3, 0.4) is 0 Å². The molecule has 2 heterocycles. The zero-order valence-corrected chi connectivity index (χ0v) is 20.7. The van der Waals surface area contributed by atoms with Gasteiger partial charge >= 0.3 is 18.4 Å². The fraction of sp³-hybridized carbons (Fsp3) is 0.522. The third kappa shape index (κ3) is 5.87. The zero-order valence-electron chi connectivity index (χ0n) is 19.1. The van der Waals surface area contributed by atoms with Crippen molar-refractivity contribution in [2.75, 3.05) is 5.32 Å². The minimum absolute atomic E-state index is 0.0446. The quantitative estimate of drug-likeness (QED) is 0.382. The molecule has 1 aromatic carbocycles. The summed E-state index contributed by atoms with van der Waals surface area (Å²) in [7, 11) is 0.